The van der Waals surface area contributed by atoms with Crippen LogP contribution in [0.1, 0.15) is 50.7 Å². The Bertz CT molecular complexity index is 2410. The maximum Gasteiger partial charge on any atom is 0.165 e. The molecular weight excluding hydrogens is 581 g/mol. The number of pyridine rings is 1. The number of rotatable bonds is 6. The molecular formula is C42H34FN3O. The van der Waals surface area contributed by atoms with Crippen LogP contribution in [0.15, 0.2) is 126 Å². The first-order chi connectivity index (χ1) is 22.9. The van der Waals surface area contributed by atoms with Crippen LogP contribution in [0.4, 0.5) is 4.39 Å². The maximum atomic E-state index is 14.7. The standard InChI is InChI=1S/C42H34FN3O/c1-25(2)29-15-10-16-30(26(3)4)39(29)46-41(45-37-23-22-36(44-42(37)46)27-12-6-5-7-13-27)34-18-11-17-33-32-21-20-28(24-38(32)47-40(33)34)31-14-8-9-19-35(31)43/h5-26H,1-4H3. The van der Waals surface area contributed by atoms with Gasteiger partial charge in [0.1, 0.15) is 22.5 Å². The van der Waals surface area contributed by atoms with E-state index in [0.717, 1.165) is 61.4 Å². The van der Waals surface area contributed by atoms with Crippen LogP contribution in [-0.2, 0) is 0 Å². The van der Waals surface area contributed by atoms with E-state index < -0.39 is 0 Å². The average molecular weight is 616 g/mol. The van der Waals surface area contributed by atoms with Crippen molar-refractivity contribution >= 4 is 33.1 Å². The minimum Gasteiger partial charge on any atom is -0.455 e. The zero-order chi connectivity index (χ0) is 32.2. The summed E-state index contributed by atoms with van der Waals surface area (Å²) in [5.74, 6) is 1.05. The minimum absolute atomic E-state index is 0.260. The molecule has 47 heavy (non-hydrogen) atoms. The van der Waals surface area contributed by atoms with Crippen molar-refractivity contribution in [2.45, 2.75) is 39.5 Å². The Kier molecular flexibility index (Phi) is 6.98. The van der Waals surface area contributed by atoms with Gasteiger partial charge in [-0.3, -0.25) is 4.57 Å². The van der Waals surface area contributed by atoms with Gasteiger partial charge in [-0.05, 0) is 64.9 Å². The highest BCUT2D eigenvalue weighted by Gasteiger charge is 2.25. The number of furan rings is 1. The van der Waals surface area contributed by atoms with Gasteiger partial charge in [0, 0.05) is 21.9 Å². The topological polar surface area (TPSA) is 43.9 Å². The van der Waals surface area contributed by atoms with Crippen LogP contribution >= 0.6 is 0 Å². The highest BCUT2D eigenvalue weighted by molar-refractivity contribution is 6.10. The minimum atomic E-state index is -0.260. The van der Waals surface area contributed by atoms with E-state index in [1.807, 2.05) is 48.5 Å². The second kappa shape index (κ2) is 11.4. The number of para-hydroxylation sites is 2. The molecule has 8 rings (SSSR count). The number of fused-ring (bicyclic) bond motifs is 4. The molecule has 0 aliphatic carbocycles. The molecule has 0 atom stereocenters. The van der Waals surface area contributed by atoms with Crippen LogP contribution in [0.2, 0.25) is 0 Å². The van der Waals surface area contributed by atoms with Crippen LogP contribution < -0.4 is 0 Å². The highest BCUT2D eigenvalue weighted by atomic mass is 19.1. The van der Waals surface area contributed by atoms with Crippen molar-refractivity contribution in [2.24, 2.45) is 0 Å². The second-order valence-electron chi connectivity index (χ2n) is 12.7. The summed E-state index contributed by atoms with van der Waals surface area (Å²) in [5.41, 5.74) is 10.8. The summed E-state index contributed by atoms with van der Waals surface area (Å²) in [4.78, 5) is 10.6. The zero-order valence-electron chi connectivity index (χ0n) is 26.8. The van der Waals surface area contributed by atoms with E-state index in [1.165, 1.54) is 17.2 Å². The van der Waals surface area contributed by atoms with E-state index in [1.54, 1.807) is 12.1 Å². The van der Waals surface area contributed by atoms with Crippen molar-refractivity contribution in [3.8, 4) is 39.5 Å². The number of nitrogens with zero attached hydrogens (tertiary/aromatic N) is 3. The Labute approximate surface area is 273 Å². The molecule has 0 radical (unpaired) electrons. The molecule has 0 fully saturated rings. The Hall–Kier alpha value is -5.55. The first kappa shape index (κ1) is 28.9. The van der Waals surface area contributed by atoms with Crippen molar-refractivity contribution in [2.75, 3.05) is 0 Å². The lowest BCUT2D eigenvalue weighted by molar-refractivity contribution is 0.631. The summed E-state index contributed by atoms with van der Waals surface area (Å²) >= 11 is 0. The Balaban J connectivity index is 1.44. The van der Waals surface area contributed by atoms with Gasteiger partial charge >= 0.3 is 0 Å². The van der Waals surface area contributed by atoms with Crippen LogP contribution in [0, 0.1) is 5.82 Å². The fourth-order valence-corrected chi connectivity index (χ4v) is 6.73. The van der Waals surface area contributed by atoms with Crippen molar-refractivity contribution in [3.63, 3.8) is 0 Å². The molecule has 8 aromatic rings. The summed E-state index contributed by atoms with van der Waals surface area (Å²) in [7, 11) is 0. The van der Waals surface area contributed by atoms with E-state index in [9.17, 15) is 4.39 Å². The average Bonchev–Trinajstić information content (AvgIpc) is 3.66. The van der Waals surface area contributed by atoms with Crippen LogP contribution in [-0.4, -0.2) is 14.5 Å². The van der Waals surface area contributed by atoms with Gasteiger partial charge in [0.05, 0.1) is 16.9 Å². The number of hydrogen-bond donors (Lipinski definition) is 0. The van der Waals surface area contributed by atoms with E-state index in [0.29, 0.717) is 11.1 Å². The normalized spacial score (nSPS) is 11.9. The number of benzene rings is 5. The number of imidazole rings is 1. The Morgan fingerprint density at radius 3 is 2.06 bits per heavy atom. The second-order valence-corrected chi connectivity index (χ2v) is 12.7. The van der Waals surface area contributed by atoms with Crippen LogP contribution in [0.5, 0.6) is 0 Å². The van der Waals surface area contributed by atoms with Crippen molar-refractivity contribution in [1.82, 2.24) is 14.5 Å². The van der Waals surface area contributed by atoms with E-state index in [2.05, 4.69) is 86.9 Å². The maximum absolute atomic E-state index is 14.7. The molecule has 0 amide bonds. The van der Waals surface area contributed by atoms with Gasteiger partial charge in [0.25, 0.3) is 0 Å². The largest absolute Gasteiger partial charge is 0.455 e. The molecule has 3 heterocycles. The third-order valence-corrected chi connectivity index (χ3v) is 9.06. The molecule has 230 valence electrons. The molecule has 0 aliphatic rings. The number of aromatic nitrogens is 3. The lowest BCUT2D eigenvalue weighted by Crippen LogP contribution is -2.09. The summed E-state index contributed by atoms with van der Waals surface area (Å²) in [6.45, 7) is 8.94. The van der Waals surface area contributed by atoms with Gasteiger partial charge in [0.15, 0.2) is 11.5 Å². The quantitative estimate of drug-likeness (QED) is 0.187. The number of hydrogen-bond acceptors (Lipinski definition) is 3. The van der Waals surface area contributed by atoms with E-state index in [-0.39, 0.29) is 17.7 Å². The molecule has 4 nitrogen and oxygen atoms in total. The smallest absolute Gasteiger partial charge is 0.165 e. The van der Waals surface area contributed by atoms with Gasteiger partial charge in [-0.15, -0.1) is 0 Å². The molecule has 0 saturated carbocycles. The van der Waals surface area contributed by atoms with Crippen molar-refractivity contribution < 1.29 is 8.81 Å². The van der Waals surface area contributed by atoms with Crippen molar-refractivity contribution in [1.29, 1.82) is 0 Å². The molecule has 0 unspecified atom stereocenters. The summed E-state index contributed by atoms with van der Waals surface area (Å²) in [6.07, 6.45) is 0. The van der Waals surface area contributed by atoms with E-state index >= 15 is 0 Å². The molecule has 5 heteroatoms. The highest BCUT2D eigenvalue weighted by Crippen LogP contribution is 2.41. The van der Waals surface area contributed by atoms with Crippen LogP contribution in [0.25, 0.3) is 72.6 Å². The fraction of sp³-hybridized carbons (Fsp3) is 0.143. The first-order valence-corrected chi connectivity index (χ1v) is 16.2. The van der Waals surface area contributed by atoms with Gasteiger partial charge in [0.2, 0.25) is 0 Å². The first-order valence-electron chi connectivity index (χ1n) is 16.2. The Morgan fingerprint density at radius 2 is 1.32 bits per heavy atom. The molecule has 5 aromatic carbocycles. The molecule has 0 spiro atoms. The fourth-order valence-electron chi connectivity index (χ4n) is 6.73. The predicted octanol–water partition coefficient (Wildman–Crippen LogP) is 11.7. The third-order valence-electron chi connectivity index (χ3n) is 9.06. The Morgan fingerprint density at radius 1 is 0.617 bits per heavy atom. The summed E-state index contributed by atoms with van der Waals surface area (Å²) < 4.78 is 23.7. The monoisotopic (exact) mass is 615 g/mol. The molecule has 0 N–H and O–H groups in total. The third kappa shape index (κ3) is 4.81. The van der Waals surface area contributed by atoms with Crippen molar-refractivity contribution in [3.05, 3.63) is 138 Å². The molecule has 3 aromatic heterocycles. The predicted molar refractivity (Wildman–Crippen MR) is 191 cm³/mol. The molecule has 0 aliphatic heterocycles. The lowest BCUT2D eigenvalue weighted by Gasteiger charge is -2.22. The van der Waals surface area contributed by atoms with Gasteiger partial charge in [-0.1, -0.05) is 113 Å². The zero-order valence-corrected chi connectivity index (χ0v) is 26.8. The summed E-state index contributed by atoms with van der Waals surface area (Å²) in [6, 6.07) is 39.9. The molecule has 0 saturated heterocycles. The van der Waals surface area contributed by atoms with Crippen LogP contribution in [0.3, 0.4) is 0 Å². The SMILES string of the molecule is CC(C)c1cccc(C(C)C)c1-n1c(-c2cccc3c2oc2cc(-c4ccccc4F)ccc23)nc2ccc(-c3ccccc3)nc21. The van der Waals surface area contributed by atoms with Gasteiger partial charge in [-0.25, -0.2) is 14.4 Å². The van der Waals surface area contributed by atoms with Gasteiger partial charge in [-0.2, -0.15) is 0 Å². The lowest BCUT2D eigenvalue weighted by atomic mass is 9.92. The van der Waals surface area contributed by atoms with E-state index in [4.69, 9.17) is 14.4 Å². The van der Waals surface area contributed by atoms with Gasteiger partial charge < -0.3 is 4.42 Å². The number of halogens is 1. The molecule has 0 bridgehead atoms. The summed E-state index contributed by atoms with van der Waals surface area (Å²) in [5, 5.41) is 1.95.